The molecule has 0 aliphatic heterocycles. The lowest BCUT2D eigenvalue weighted by Crippen LogP contribution is -2.14. The van der Waals surface area contributed by atoms with E-state index in [1.54, 1.807) is 12.1 Å². The second kappa shape index (κ2) is 7.08. The third kappa shape index (κ3) is 3.48. The lowest BCUT2D eigenvalue weighted by Gasteiger charge is -2.10. The molecule has 4 nitrogen and oxygen atoms in total. The molecule has 0 saturated carbocycles. The number of rotatable bonds is 3. The summed E-state index contributed by atoms with van der Waals surface area (Å²) in [6.45, 7) is 3.68. The highest BCUT2D eigenvalue weighted by molar-refractivity contribution is 6.05. The van der Waals surface area contributed by atoms with Crippen LogP contribution >= 0.6 is 0 Å². The van der Waals surface area contributed by atoms with Gasteiger partial charge in [0.2, 0.25) is 0 Å². The topological polar surface area (TPSA) is 62.0 Å². The fourth-order valence-electron chi connectivity index (χ4n) is 3.67. The molecule has 142 valence electrons. The standard InChI is InChI=1S/C23H21FN2O2/c1-13-8-21(23(28)25-14(13)2)17-9-18(11-19(24)10-17)22(27)26-20-7-6-15-4-3-5-16(15)12-20/h6-12H,3-5H2,1-2H3,(H,25,28)(H,26,27). The van der Waals surface area contributed by atoms with Crippen LogP contribution in [0, 0.1) is 19.7 Å². The van der Waals surface area contributed by atoms with Gasteiger partial charge in [0, 0.05) is 22.5 Å². The molecule has 0 fully saturated rings. The average molecular weight is 376 g/mol. The zero-order valence-corrected chi connectivity index (χ0v) is 15.9. The van der Waals surface area contributed by atoms with Gasteiger partial charge in [-0.15, -0.1) is 0 Å². The molecule has 1 amide bonds. The molecule has 0 spiro atoms. The molecule has 0 bridgehead atoms. The summed E-state index contributed by atoms with van der Waals surface area (Å²) in [5.74, 6) is -0.965. The van der Waals surface area contributed by atoms with Crippen molar-refractivity contribution in [3.8, 4) is 11.1 Å². The predicted molar refractivity (Wildman–Crippen MR) is 108 cm³/mol. The normalized spacial score (nSPS) is 12.7. The molecule has 0 atom stereocenters. The van der Waals surface area contributed by atoms with Crippen molar-refractivity contribution in [2.45, 2.75) is 33.1 Å². The van der Waals surface area contributed by atoms with E-state index in [2.05, 4.69) is 10.3 Å². The van der Waals surface area contributed by atoms with Crippen LogP contribution in [0.4, 0.5) is 10.1 Å². The molecule has 0 saturated heterocycles. The van der Waals surface area contributed by atoms with Gasteiger partial charge in [-0.05, 0) is 91.8 Å². The lowest BCUT2D eigenvalue weighted by molar-refractivity contribution is 0.102. The van der Waals surface area contributed by atoms with Crippen LogP contribution in [-0.2, 0) is 12.8 Å². The average Bonchev–Trinajstić information content (AvgIpc) is 3.12. The van der Waals surface area contributed by atoms with Gasteiger partial charge in [0.05, 0.1) is 0 Å². The summed E-state index contributed by atoms with van der Waals surface area (Å²) in [4.78, 5) is 27.8. The highest BCUT2D eigenvalue weighted by atomic mass is 19.1. The Bertz CT molecular complexity index is 1150. The second-order valence-electron chi connectivity index (χ2n) is 7.34. The van der Waals surface area contributed by atoms with Crippen molar-refractivity contribution in [1.29, 1.82) is 0 Å². The van der Waals surface area contributed by atoms with Crippen molar-refractivity contribution >= 4 is 11.6 Å². The summed E-state index contributed by atoms with van der Waals surface area (Å²) in [5, 5.41) is 2.84. The summed E-state index contributed by atoms with van der Waals surface area (Å²) < 4.78 is 14.2. The smallest absolute Gasteiger partial charge is 0.256 e. The fraction of sp³-hybridized carbons (Fsp3) is 0.217. The van der Waals surface area contributed by atoms with Gasteiger partial charge in [0.25, 0.3) is 11.5 Å². The van der Waals surface area contributed by atoms with Gasteiger partial charge in [-0.25, -0.2) is 4.39 Å². The highest BCUT2D eigenvalue weighted by Crippen LogP contribution is 2.26. The number of hydrogen-bond acceptors (Lipinski definition) is 2. The number of halogens is 1. The number of pyridine rings is 1. The van der Waals surface area contributed by atoms with Gasteiger partial charge in [-0.2, -0.15) is 0 Å². The van der Waals surface area contributed by atoms with Crippen molar-refractivity contribution in [3.63, 3.8) is 0 Å². The maximum Gasteiger partial charge on any atom is 0.256 e. The Kier molecular flexibility index (Phi) is 4.59. The molecule has 1 heterocycles. The van der Waals surface area contributed by atoms with Crippen LogP contribution in [0.15, 0.2) is 47.3 Å². The molecule has 1 aliphatic carbocycles. The Balaban J connectivity index is 1.66. The van der Waals surface area contributed by atoms with E-state index in [0.29, 0.717) is 16.8 Å². The van der Waals surface area contributed by atoms with Crippen LogP contribution in [0.5, 0.6) is 0 Å². The van der Waals surface area contributed by atoms with Crippen LogP contribution in [0.25, 0.3) is 11.1 Å². The van der Waals surface area contributed by atoms with Gasteiger partial charge in [0.15, 0.2) is 0 Å². The summed E-state index contributed by atoms with van der Waals surface area (Å²) >= 11 is 0. The van der Waals surface area contributed by atoms with E-state index < -0.39 is 11.7 Å². The van der Waals surface area contributed by atoms with Crippen molar-refractivity contribution in [2.24, 2.45) is 0 Å². The number of H-pyrrole nitrogens is 1. The molecule has 0 unspecified atom stereocenters. The summed E-state index contributed by atoms with van der Waals surface area (Å²) in [6.07, 6.45) is 3.21. The van der Waals surface area contributed by atoms with Gasteiger partial charge in [-0.1, -0.05) is 6.07 Å². The zero-order valence-electron chi connectivity index (χ0n) is 15.9. The van der Waals surface area contributed by atoms with E-state index in [0.717, 1.165) is 30.5 Å². The van der Waals surface area contributed by atoms with E-state index in [1.165, 1.54) is 23.3 Å². The minimum absolute atomic E-state index is 0.174. The first-order valence-electron chi connectivity index (χ1n) is 9.35. The third-order valence-electron chi connectivity index (χ3n) is 5.33. The largest absolute Gasteiger partial charge is 0.326 e. The summed E-state index contributed by atoms with van der Waals surface area (Å²) in [7, 11) is 0. The maximum atomic E-state index is 14.2. The quantitative estimate of drug-likeness (QED) is 0.705. The Hall–Kier alpha value is -3.21. The molecule has 28 heavy (non-hydrogen) atoms. The molecular weight excluding hydrogens is 355 g/mol. The maximum absolute atomic E-state index is 14.2. The van der Waals surface area contributed by atoms with Crippen LogP contribution in [0.2, 0.25) is 0 Å². The van der Waals surface area contributed by atoms with E-state index in [1.807, 2.05) is 32.0 Å². The monoisotopic (exact) mass is 376 g/mol. The number of anilines is 1. The van der Waals surface area contributed by atoms with Gasteiger partial charge in [-0.3, -0.25) is 9.59 Å². The predicted octanol–water partition coefficient (Wildman–Crippen LogP) is 4.54. The third-order valence-corrected chi connectivity index (χ3v) is 5.33. The van der Waals surface area contributed by atoms with Gasteiger partial charge >= 0.3 is 0 Å². The Morgan fingerprint density at radius 1 is 1.04 bits per heavy atom. The number of fused-ring (bicyclic) bond motifs is 1. The molecule has 0 radical (unpaired) electrons. The number of carbonyl (C=O) groups excluding carboxylic acids is 1. The van der Waals surface area contributed by atoms with E-state index in [4.69, 9.17) is 0 Å². The Morgan fingerprint density at radius 2 is 1.82 bits per heavy atom. The van der Waals surface area contributed by atoms with Crippen LogP contribution in [-0.4, -0.2) is 10.9 Å². The number of nitrogens with one attached hydrogen (secondary N) is 2. The Morgan fingerprint density at radius 3 is 2.64 bits per heavy atom. The van der Waals surface area contributed by atoms with Crippen molar-refractivity contribution in [2.75, 3.05) is 5.32 Å². The van der Waals surface area contributed by atoms with Crippen LogP contribution in [0.1, 0.15) is 39.2 Å². The number of hydrogen-bond donors (Lipinski definition) is 2. The minimum Gasteiger partial charge on any atom is -0.326 e. The molecule has 1 aliphatic rings. The first-order chi connectivity index (χ1) is 13.4. The number of aromatic nitrogens is 1. The number of aryl methyl sites for hydroxylation is 4. The molecule has 4 rings (SSSR count). The minimum atomic E-state index is -0.561. The summed E-state index contributed by atoms with van der Waals surface area (Å²) in [5.41, 5.74) is 5.51. The van der Waals surface area contributed by atoms with Crippen LogP contribution < -0.4 is 10.9 Å². The van der Waals surface area contributed by atoms with Gasteiger partial charge < -0.3 is 10.3 Å². The number of aromatic amines is 1. The SMILES string of the molecule is Cc1cc(-c2cc(F)cc(C(=O)Nc3ccc4c(c3)CCC4)c2)c(=O)[nH]c1C. The first-order valence-corrected chi connectivity index (χ1v) is 9.35. The van der Waals surface area contributed by atoms with Crippen LogP contribution in [0.3, 0.4) is 0 Å². The number of benzene rings is 2. The molecule has 5 heteroatoms. The van der Waals surface area contributed by atoms with Crippen molar-refractivity contribution in [1.82, 2.24) is 4.98 Å². The molecular formula is C23H21FN2O2. The molecule has 2 N–H and O–H groups in total. The lowest BCUT2D eigenvalue weighted by atomic mass is 10.0. The molecule has 3 aromatic rings. The van der Waals surface area contributed by atoms with E-state index >= 15 is 0 Å². The molecule has 2 aromatic carbocycles. The second-order valence-corrected chi connectivity index (χ2v) is 7.34. The van der Waals surface area contributed by atoms with E-state index in [-0.39, 0.29) is 11.1 Å². The number of amides is 1. The Labute approximate surface area is 162 Å². The van der Waals surface area contributed by atoms with Crippen molar-refractivity contribution < 1.29 is 9.18 Å². The fourth-order valence-corrected chi connectivity index (χ4v) is 3.67. The molecule has 1 aromatic heterocycles. The van der Waals surface area contributed by atoms with Crippen molar-refractivity contribution in [3.05, 3.63) is 86.6 Å². The zero-order chi connectivity index (χ0) is 19.8. The summed E-state index contributed by atoms with van der Waals surface area (Å²) in [6, 6.07) is 11.6. The first kappa shape index (κ1) is 18.2. The van der Waals surface area contributed by atoms with Gasteiger partial charge in [0.1, 0.15) is 5.82 Å². The highest BCUT2D eigenvalue weighted by Gasteiger charge is 2.15. The van der Waals surface area contributed by atoms with E-state index in [9.17, 15) is 14.0 Å². The number of carbonyl (C=O) groups is 1.